The zero-order valence-corrected chi connectivity index (χ0v) is 16.5. The van der Waals surface area contributed by atoms with E-state index < -0.39 is 0 Å². The maximum absolute atomic E-state index is 12.2. The minimum absolute atomic E-state index is 0.149. The Morgan fingerprint density at radius 1 is 1.00 bits per heavy atom. The third-order valence-corrected chi connectivity index (χ3v) is 5.20. The third-order valence-electron chi connectivity index (χ3n) is 4.83. The van der Waals surface area contributed by atoms with Gasteiger partial charge in [0.2, 0.25) is 0 Å². The SMILES string of the molecule is C1CCOCC1.CNc1cnn(-c2ccc(N3CCCC3)cc2)c(=O)c1Cl. The Labute approximate surface area is 165 Å². The largest absolute Gasteiger partial charge is 0.385 e. The van der Waals surface area contributed by atoms with E-state index in [-0.39, 0.29) is 10.6 Å². The first-order valence-electron chi connectivity index (χ1n) is 9.59. The van der Waals surface area contributed by atoms with Crippen molar-refractivity contribution in [1.82, 2.24) is 9.78 Å². The molecule has 0 aliphatic carbocycles. The van der Waals surface area contributed by atoms with Crippen molar-refractivity contribution in [1.29, 1.82) is 0 Å². The lowest BCUT2D eigenvalue weighted by atomic mass is 10.2. The number of rotatable bonds is 3. The van der Waals surface area contributed by atoms with Crippen LogP contribution in [0.5, 0.6) is 0 Å². The molecule has 146 valence electrons. The molecule has 0 unspecified atom stereocenters. The van der Waals surface area contributed by atoms with Crippen LogP contribution in [0.1, 0.15) is 32.1 Å². The highest BCUT2D eigenvalue weighted by atomic mass is 35.5. The molecule has 0 atom stereocenters. The number of benzene rings is 1. The van der Waals surface area contributed by atoms with Crippen molar-refractivity contribution in [2.75, 3.05) is 43.6 Å². The fourth-order valence-electron chi connectivity index (χ4n) is 3.26. The number of hydrogen-bond donors (Lipinski definition) is 1. The summed E-state index contributed by atoms with van der Waals surface area (Å²) in [6, 6.07) is 7.85. The molecule has 2 fully saturated rings. The monoisotopic (exact) mass is 390 g/mol. The van der Waals surface area contributed by atoms with Gasteiger partial charge in [-0.1, -0.05) is 11.6 Å². The van der Waals surface area contributed by atoms with Gasteiger partial charge in [-0.3, -0.25) is 4.79 Å². The van der Waals surface area contributed by atoms with Crippen LogP contribution in [0.25, 0.3) is 5.69 Å². The molecule has 7 heteroatoms. The summed E-state index contributed by atoms with van der Waals surface area (Å²) in [7, 11) is 1.71. The lowest BCUT2D eigenvalue weighted by molar-refractivity contribution is 0.0968. The normalized spacial score (nSPS) is 16.6. The van der Waals surface area contributed by atoms with Crippen LogP contribution in [0.15, 0.2) is 35.3 Å². The Morgan fingerprint density at radius 3 is 2.15 bits per heavy atom. The van der Waals surface area contributed by atoms with Crippen LogP contribution in [0.4, 0.5) is 11.4 Å². The first-order valence-corrected chi connectivity index (χ1v) is 9.97. The van der Waals surface area contributed by atoms with E-state index in [2.05, 4.69) is 15.3 Å². The number of anilines is 2. The maximum Gasteiger partial charge on any atom is 0.292 e. The molecule has 6 nitrogen and oxygen atoms in total. The van der Waals surface area contributed by atoms with Gasteiger partial charge in [-0.15, -0.1) is 0 Å². The van der Waals surface area contributed by atoms with Crippen LogP contribution in [0.3, 0.4) is 0 Å². The quantitative estimate of drug-likeness (QED) is 0.865. The minimum Gasteiger partial charge on any atom is -0.385 e. The molecule has 1 aromatic carbocycles. The molecule has 1 N–H and O–H groups in total. The van der Waals surface area contributed by atoms with Gasteiger partial charge in [-0.2, -0.15) is 9.78 Å². The fourth-order valence-corrected chi connectivity index (χ4v) is 3.48. The molecule has 2 saturated heterocycles. The average molecular weight is 391 g/mol. The number of nitrogens with zero attached hydrogens (tertiary/aromatic N) is 3. The number of ether oxygens (including phenoxy) is 1. The Bertz CT molecular complexity index is 770. The van der Waals surface area contributed by atoms with Gasteiger partial charge in [-0.05, 0) is 56.4 Å². The number of aromatic nitrogens is 2. The predicted octanol–water partition coefficient (Wildman–Crippen LogP) is 3.71. The van der Waals surface area contributed by atoms with Crippen molar-refractivity contribution >= 4 is 23.0 Å². The van der Waals surface area contributed by atoms with E-state index in [9.17, 15) is 4.79 Å². The summed E-state index contributed by atoms with van der Waals surface area (Å²) in [6.07, 6.45) is 7.96. The molecule has 3 heterocycles. The Morgan fingerprint density at radius 2 is 1.63 bits per heavy atom. The van der Waals surface area contributed by atoms with E-state index >= 15 is 0 Å². The molecule has 1 aromatic heterocycles. The fraction of sp³-hybridized carbons (Fsp3) is 0.500. The summed E-state index contributed by atoms with van der Waals surface area (Å²) >= 11 is 6.04. The van der Waals surface area contributed by atoms with E-state index in [1.807, 2.05) is 24.3 Å². The van der Waals surface area contributed by atoms with Crippen molar-refractivity contribution in [3.8, 4) is 5.69 Å². The summed E-state index contributed by atoms with van der Waals surface area (Å²) < 4.78 is 6.39. The molecule has 0 radical (unpaired) electrons. The first-order chi connectivity index (χ1) is 13.2. The van der Waals surface area contributed by atoms with Gasteiger partial charge >= 0.3 is 0 Å². The second kappa shape index (κ2) is 9.76. The number of halogens is 1. The van der Waals surface area contributed by atoms with Gasteiger partial charge in [-0.25, -0.2) is 0 Å². The Hall–Kier alpha value is -2.05. The van der Waals surface area contributed by atoms with E-state index in [1.54, 1.807) is 13.2 Å². The predicted molar refractivity (Wildman–Crippen MR) is 111 cm³/mol. The van der Waals surface area contributed by atoms with Gasteiger partial charge in [0.05, 0.1) is 17.6 Å². The summed E-state index contributed by atoms with van der Waals surface area (Å²) in [5.41, 5.74) is 2.11. The summed E-state index contributed by atoms with van der Waals surface area (Å²) in [4.78, 5) is 14.6. The van der Waals surface area contributed by atoms with Gasteiger partial charge in [0.25, 0.3) is 5.56 Å². The van der Waals surface area contributed by atoms with Gasteiger partial charge < -0.3 is 15.0 Å². The maximum atomic E-state index is 12.2. The molecule has 2 aromatic rings. The summed E-state index contributed by atoms with van der Waals surface area (Å²) in [6.45, 7) is 4.19. The second-order valence-corrected chi connectivity index (χ2v) is 7.10. The van der Waals surface area contributed by atoms with Crippen LogP contribution in [0, 0.1) is 0 Å². The van der Waals surface area contributed by atoms with Crippen LogP contribution >= 0.6 is 11.6 Å². The van der Waals surface area contributed by atoms with E-state index in [0.29, 0.717) is 11.4 Å². The zero-order chi connectivity index (χ0) is 19.1. The van der Waals surface area contributed by atoms with Crippen LogP contribution in [-0.4, -0.2) is 43.1 Å². The molecule has 2 aliphatic rings. The average Bonchev–Trinajstić information content (AvgIpc) is 3.27. The van der Waals surface area contributed by atoms with Crippen LogP contribution in [0.2, 0.25) is 5.02 Å². The summed E-state index contributed by atoms with van der Waals surface area (Å²) in [5.74, 6) is 0. The summed E-state index contributed by atoms with van der Waals surface area (Å²) in [5, 5.41) is 7.15. The molecule has 0 spiro atoms. The van der Waals surface area contributed by atoms with Crippen molar-refractivity contribution in [3.63, 3.8) is 0 Å². The highest BCUT2D eigenvalue weighted by Gasteiger charge is 2.13. The lowest BCUT2D eigenvalue weighted by Crippen LogP contribution is -2.22. The smallest absolute Gasteiger partial charge is 0.292 e. The van der Waals surface area contributed by atoms with Gasteiger partial charge in [0, 0.05) is 39.0 Å². The number of hydrogen-bond acceptors (Lipinski definition) is 5. The third kappa shape index (κ3) is 5.02. The molecule has 27 heavy (non-hydrogen) atoms. The van der Waals surface area contributed by atoms with E-state index in [0.717, 1.165) is 26.3 Å². The highest BCUT2D eigenvalue weighted by Crippen LogP contribution is 2.22. The first kappa shape index (κ1) is 19.7. The van der Waals surface area contributed by atoms with Crippen LogP contribution in [-0.2, 0) is 4.74 Å². The lowest BCUT2D eigenvalue weighted by Gasteiger charge is -2.17. The Kier molecular flexibility index (Phi) is 7.12. The zero-order valence-electron chi connectivity index (χ0n) is 15.8. The van der Waals surface area contributed by atoms with Crippen molar-refractivity contribution in [2.24, 2.45) is 0 Å². The van der Waals surface area contributed by atoms with Crippen LogP contribution < -0.4 is 15.8 Å². The van der Waals surface area contributed by atoms with Crippen molar-refractivity contribution in [2.45, 2.75) is 32.1 Å². The Balaban J connectivity index is 0.000000299. The van der Waals surface area contributed by atoms with Crippen molar-refractivity contribution < 1.29 is 4.74 Å². The van der Waals surface area contributed by atoms with Crippen molar-refractivity contribution in [3.05, 3.63) is 45.8 Å². The van der Waals surface area contributed by atoms with E-state index in [4.69, 9.17) is 16.3 Å². The highest BCUT2D eigenvalue weighted by molar-refractivity contribution is 6.32. The minimum atomic E-state index is -0.322. The molecule has 0 amide bonds. The molecule has 4 rings (SSSR count). The molecule has 2 aliphatic heterocycles. The number of nitrogens with one attached hydrogen (secondary N) is 1. The molecule has 0 saturated carbocycles. The van der Waals surface area contributed by atoms with Gasteiger partial charge in [0.1, 0.15) is 5.02 Å². The topological polar surface area (TPSA) is 59.4 Å². The second-order valence-electron chi connectivity index (χ2n) is 6.72. The molecule has 0 bridgehead atoms. The standard InChI is InChI=1S/C15H17ClN4O.C5H10O/c1-17-13-10-18-20(15(21)14(13)16)12-6-4-11(5-7-12)19-8-2-3-9-19;1-2-4-6-5-3-1/h4-7,10,17H,2-3,8-9H2,1H3;1-5H2. The molecular weight excluding hydrogens is 364 g/mol. The van der Waals surface area contributed by atoms with E-state index in [1.165, 1.54) is 42.5 Å². The van der Waals surface area contributed by atoms with Gasteiger partial charge in [0.15, 0.2) is 0 Å². The molecular formula is C20H27ClN4O2.